The first-order valence-electron chi connectivity index (χ1n) is 3.10. The van der Waals surface area contributed by atoms with Gasteiger partial charge in [-0.05, 0) is 0 Å². The zero-order valence-corrected chi connectivity index (χ0v) is 6.94. The molecule has 0 aliphatic heterocycles. The standard InChI is InChI=1S/2C3H7N.CH2O3/c2*1-2-3-4;2-1(3)4/h2*2H,1,3-4H2;(H2,2,3,4). The molecular formula is C7H16N2O3. The van der Waals surface area contributed by atoms with Crippen LogP contribution in [-0.4, -0.2) is 29.5 Å². The molecule has 0 radical (unpaired) electrons. The van der Waals surface area contributed by atoms with Gasteiger partial charge < -0.3 is 21.7 Å². The van der Waals surface area contributed by atoms with Gasteiger partial charge >= 0.3 is 6.16 Å². The van der Waals surface area contributed by atoms with Gasteiger partial charge in [0.15, 0.2) is 0 Å². The summed E-state index contributed by atoms with van der Waals surface area (Å²) in [5.74, 6) is 0. The second kappa shape index (κ2) is 22.6. The first-order valence-corrected chi connectivity index (χ1v) is 3.10. The summed E-state index contributed by atoms with van der Waals surface area (Å²) in [4.78, 5) is 8.56. The summed E-state index contributed by atoms with van der Waals surface area (Å²) in [5, 5.41) is 13.9. The monoisotopic (exact) mass is 176 g/mol. The van der Waals surface area contributed by atoms with Crippen LogP contribution in [0.25, 0.3) is 0 Å². The van der Waals surface area contributed by atoms with E-state index in [0.29, 0.717) is 13.1 Å². The average Bonchev–Trinajstić information content (AvgIpc) is 2.03. The summed E-state index contributed by atoms with van der Waals surface area (Å²) in [5.41, 5.74) is 9.82. The zero-order valence-electron chi connectivity index (χ0n) is 6.94. The van der Waals surface area contributed by atoms with E-state index in [0.717, 1.165) is 0 Å². The normalized spacial score (nSPS) is 6.17. The lowest BCUT2D eigenvalue weighted by Gasteiger charge is -1.61. The van der Waals surface area contributed by atoms with Crippen LogP contribution in [0, 0.1) is 0 Å². The van der Waals surface area contributed by atoms with Crippen molar-refractivity contribution in [1.29, 1.82) is 0 Å². The van der Waals surface area contributed by atoms with Crippen molar-refractivity contribution < 1.29 is 15.0 Å². The van der Waals surface area contributed by atoms with E-state index in [2.05, 4.69) is 13.2 Å². The molecule has 6 N–H and O–H groups in total. The molecule has 0 aromatic carbocycles. The minimum atomic E-state index is -1.83. The number of hydrogen-bond donors (Lipinski definition) is 4. The highest BCUT2D eigenvalue weighted by atomic mass is 16.6. The molecule has 0 rings (SSSR count). The summed E-state index contributed by atoms with van der Waals surface area (Å²) in [6.07, 6.45) is 1.47. The Morgan fingerprint density at radius 3 is 1.25 bits per heavy atom. The van der Waals surface area contributed by atoms with E-state index in [1.54, 1.807) is 12.2 Å². The smallest absolute Gasteiger partial charge is 0.450 e. The van der Waals surface area contributed by atoms with E-state index in [4.69, 9.17) is 26.5 Å². The van der Waals surface area contributed by atoms with E-state index in [-0.39, 0.29) is 0 Å². The molecule has 5 heteroatoms. The van der Waals surface area contributed by atoms with Gasteiger partial charge in [-0.3, -0.25) is 0 Å². The first kappa shape index (κ1) is 17.0. The Morgan fingerprint density at radius 2 is 1.25 bits per heavy atom. The maximum atomic E-state index is 8.56. The molecule has 0 aliphatic carbocycles. The fourth-order valence-electron chi connectivity index (χ4n) is 0. The van der Waals surface area contributed by atoms with E-state index in [1.807, 2.05) is 0 Å². The van der Waals surface area contributed by atoms with Crippen molar-refractivity contribution in [2.45, 2.75) is 0 Å². The number of carboxylic acid groups (broad SMARTS) is 2. The molecular weight excluding hydrogens is 160 g/mol. The van der Waals surface area contributed by atoms with E-state index < -0.39 is 6.16 Å². The van der Waals surface area contributed by atoms with E-state index >= 15 is 0 Å². The topological polar surface area (TPSA) is 110 Å². The molecule has 0 spiro atoms. The van der Waals surface area contributed by atoms with Crippen LogP contribution in [0.2, 0.25) is 0 Å². The maximum absolute atomic E-state index is 8.56. The molecule has 0 bridgehead atoms. The van der Waals surface area contributed by atoms with Gasteiger partial charge in [-0.2, -0.15) is 0 Å². The highest BCUT2D eigenvalue weighted by molar-refractivity contribution is 5.53. The van der Waals surface area contributed by atoms with Crippen molar-refractivity contribution >= 4 is 6.16 Å². The van der Waals surface area contributed by atoms with E-state index in [9.17, 15) is 0 Å². The molecule has 72 valence electrons. The van der Waals surface area contributed by atoms with Crippen LogP contribution in [0.15, 0.2) is 25.3 Å². The van der Waals surface area contributed by atoms with Crippen molar-refractivity contribution in [1.82, 2.24) is 0 Å². The lowest BCUT2D eigenvalue weighted by molar-refractivity contribution is 0.137. The van der Waals surface area contributed by atoms with Gasteiger partial charge in [0.1, 0.15) is 0 Å². The third-order valence-electron chi connectivity index (χ3n) is 0.333. The number of hydrogen-bond acceptors (Lipinski definition) is 3. The molecule has 0 aromatic rings. The summed E-state index contributed by atoms with van der Waals surface area (Å²) >= 11 is 0. The van der Waals surface area contributed by atoms with Gasteiger partial charge in [-0.15, -0.1) is 13.2 Å². The highest BCUT2D eigenvalue weighted by Crippen LogP contribution is 1.42. The van der Waals surface area contributed by atoms with Crippen LogP contribution in [0.4, 0.5) is 4.79 Å². The van der Waals surface area contributed by atoms with Crippen molar-refractivity contribution in [3.05, 3.63) is 25.3 Å². The van der Waals surface area contributed by atoms with Crippen LogP contribution < -0.4 is 11.5 Å². The van der Waals surface area contributed by atoms with Gasteiger partial charge in [0.25, 0.3) is 0 Å². The highest BCUT2D eigenvalue weighted by Gasteiger charge is 1.70. The Hall–Kier alpha value is -1.33. The fourth-order valence-corrected chi connectivity index (χ4v) is 0. The number of carbonyl (C=O) groups is 1. The Balaban J connectivity index is -0.000000101. The summed E-state index contributed by atoms with van der Waals surface area (Å²) < 4.78 is 0. The van der Waals surface area contributed by atoms with Gasteiger partial charge in [0.05, 0.1) is 0 Å². The van der Waals surface area contributed by atoms with Crippen molar-refractivity contribution in [3.8, 4) is 0 Å². The molecule has 0 heterocycles. The molecule has 5 nitrogen and oxygen atoms in total. The lowest BCUT2D eigenvalue weighted by Crippen LogP contribution is -1.90. The van der Waals surface area contributed by atoms with Crippen molar-refractivity contribution in [2.75, 3.05) is 13.1 Å². The molecule has 0 saturated heterocycles. The number of rotatable bonds is 2. The van der Waals surface area contributed by atoms with Gasteiger partial charge in [0.2, 0.25) is 0 Å². The molecule has 0 aromatic heterocycles. The third-order valence-corrected chi connectivity index (χ3v) is 0.333. The third kappa shape index (κ3) is 1140. The van der Waals surface area contributed by atoms with Crippen molar-refractivity contribution in [2.24, 2.45) is 11.5 Å². The van der Waals surface area contributed by atoms with Crippen LogP contribution in [0.3, 0.4) is 0 Å². The van der Waals surface area contributed by atoms with Crippen LogP contribution in [0.1, 0.15) is 0 Å². The Bertz CT molecular complexity index is 103. The Kier molecular flexibility index (Phi) is 32.0. The summed E-state index contributed by atoms with van der Waals surface area (Å²) in [7, 11) is 0. The number of nitrogens with two attached hydrogens (primary N) is 2. The summed E-state index contributed by atoms with van der Waals surface area (Å²) in [6, 6.07) is 0. The fraction of sp³-hybridized carbons (Fsp3) is 0.286. The quantitative estimate of drug-likeness (QED) is 0.457. The second-order valence-electron chi connectivity index (χ2n) is 1.33. The molecule has 0 unspecified atom stereocenters. The SMILES string of the molecule is C=CCN.C=CCN.O=C(O)O. The molecule has 0 atom stereocenters. The summed E-state index contributed by atoms with van der Waals surface area (Å²) in [6.45, 7) is 7.87. The van der Waals surface area contributed by atoms with Crippen molar-refractivity contribution in [3.63, 3.8) is 0 Å². The van der Waals surface area contributed by atoms with Gasteiger partial charge in [-0.1, -0.05) is 12.2 Å². The lowest BCUT2D eigenvalue weighted by atomic mass is 10.7. The molecule has 0 aliphatic rings. The van der Waals surface area contributed by atoms with Crippen LogP contribution >= 0.6 is 0 Å². The Labute approximate surface area is 72.0 Å². The first-order chi connectivity index (χ1) is 5.56. The maximum Gasteiger partial charge on any atom is 0.503 e. The molecule has 0 amide bonds. The molecule has 0 fully saturated rings. The minimum Gasteiger partial charge on any atom is -0.450 e. The zero-order chi connectivity index (χ0) is 10.4. The predicted molar refractivity (Wildman–Crippen MR) is 49.2 cm³/mol. The average molecular weight is 176 g/mol. The predicted octanol–water partition coefficient (Wildman–Crippen LogP) is 0.485. The van der Waals surface area contributed by atoms with E-state index in [1.165, 1.54) is 0 Å². The van der Waals surface area contributed by atoms with Crippen LogP contribution in [0.5, 0.6) is 0 Å². The second-order valence-corrected chi connectivity index (χ2v) is 1.33. The van der Waals surface area contributed by atoms with Crippen LogP contribution in [-0.2, 0) is 0 Å². The van der Waals surface area contributed by atoms with Gasteiger partial charge in [0, 0.05) is 13.1 Å². The largest absolute Gasteiger partial charge is 0.503 e. The minimum absolute atomic E-state index is 0.583. The van der Waals surface area contributed by atoms with Gasteiger partial charge in [-0.25, -0.2) is 4.79 Å². The molecule has 12 heavy (non-hydrogen) atoms. The molecule has 0 saturated carbocycles. The Morgan fingerprint density at radius 1 is 1.17 bits per heavy atom.